The highest BCUT2D eigenvalue weighted by molar-refractivity contribution is 5.91. The number of fused-ring (bicyclic) bond motifs is 1. The molecule has 0 saturated carbocycles. The van der Waals surface area contributed by atoms with Crippen molar-refractivity contribution < 1.29 is 0 Å². The first-order chi connectivity index (χ1) is 14.2. The van der Waals surface area contributed by atoms with Crippen molar-refractivity contribution in [3.8, 4) is 6.07 Å². The highest BCUT2D eigenvalue weighted by Crippen LogP contribution is 2.38. The molecule has 1 aliphatic heterocycles. The Labute approximate surface area is 169 Å². The molecule has 0 atom stereocenters. The Morgan fingerprint density at radius 1 is 1.31 bits per heavy atom. The maximum atomic E-state index is 9.98. The number of hydrogen-bond acceptors (Lipinski definition) is 7. The summed E-state index contributed by atoms with van der Waals surface area (Å²) in [6.45, 7) is 6.13. The molecule has 2 N–H and O–H groups in total. The van der Waals surface area contributed by atoms with Crippen LogP contribution in [0.5, 0.6) is 0 Å². The fraction of sp³-hybridized carbons (Fsp3) is 0.238. The second-order valence-electron chi connectivity index (χ2n) is 6.67. The van der Waals surface area contributed by atoms with Crippen molar-refractivity contribution in [1.29, 1.82) is 5.26 Å². The summed E-state index contributed by atoms with van der Waals surface area (Å²) in [6, 6.07) is 10.4. The zero-order chi connectivity index (χ0) is 20.2. The van der Waals surface area contributed by atoms with Crippen LogP contribution in [0.1, 0.15) is 18.2 Å². The molecular formula is C21H22N8. The molecule has 146 valence electrons. The molecule has 0 spiro atoms. The van der Waals surface area contributed by atoms with Gasteiger partial charge < -0.3 is 20.1 Å². The maximum Gasteiger partial charge on any atom is 0.223 e. The number of benzene rings is 1. The molecule has 1 aliphatic rings. The molecule has 1 aromatic carbocycles. The largest absolute Gasteiger partial charge is 0.352 e. The van der Waals surface area contributed by atoms with Gasteiger partial charge in [0.05, 0.1) is 23.4 Å². The van der Waals surface area contributed by atoms with E-state index < -0.39 is 0 Å². The normalized spacial score (nSPS) is 14.2. The SMILES string of the molecule is CCN1C(=C(C#N)c2nc(NCCn3ccnc3)ncc2C)Nc2ccccc21. The van der Waals surface area contributed by atoms with Gasteiger partial charge >= 0.3 is 0 Å². The van der Waals surface area contributed by atoms with Gasteiger partial charge in [-0.05, 0) is 31.5 Å². The summed E-state index contributed by atoms with van der Waals surface area (Å²) in [6.07, 6.45) is 7.17. The fourth-order valence-electron chi connectivity index (χ4n) is 3.37. The van der Waals surface area contributed by atoms with Crippen LogP contribution < -0.4 is 15.5 Å². The van der Waals surface area contributed by atoms with E-state index in [4.69, 9.17) is 0 Å². The zero-order valence-electron chi connectivity index (χ0n) is 16.4. The van der Waals surface area contributed by atoms with Gasteiger partial charge in [0.2, 0.25) is 5.95 Å². The number of nitrogens with one attached hydrogen (secondary N) is 2. The number of allylic oxidation sites excluding steroid dienone is 1. The average molecular weight is 386 g/mol. The van der Waals surface area contributed by atoms with Crippen molar-refractivity contribution in [1.82, 2.24) is 19.5 Å². The van der Waals surface area contributed by atoms with E-state index in [0.717, 1.165) is 35.8 Å². The Kier molecular flexibility index (Phi) is 5.12. The molecule has 0 aliphatic carbocycles. The zero-order valence-corrected chi connectivity index (χ0v) is 16.4. The molecule has 3 heterocycles. The van der Waals surface area contributed by atoms with Gasteiger partial charge in [0.25, 0.3) is 0 Å². The Bertz CT molecular complexity index is 1080. The summed E-state index contributed by atoms with van der Waals surface area (Å²) < 4.78 is 1.98. The molecule has 2 aromatic heterocycles. The molecule has 0 fully saturated rings. The number of rotatable bonds is 6. The van der Waals surface area contributed by atoms with Crippen molar-refractivity contribution in [2.45, 2.75) is 20.4 Å². The number of para-hydroxylation sites is 2. The van der Waals surface area contributed by atoms with Crippen LogP contribution in [0.25, 0.3) is 5.57 Å². The predicted octanol–water partition coefficient (Wildman–Crippen LogP) is 3.24. The third-order valence-corrected chi connectivity index (χ3v) is 4.80. The Morgan fingerprint density at radius 2 is 2.17 bits per heavy atom. The molecule has 3 aromatic rings. The van der Waals surface area contributed by atoms with Crippen molar-refractivity contribution >= 4 is 22.9 Å². The van der Waals surface area contributed by atoms with E-state index in [1.807, 2.05) is 42.0 Å². The topological polar surface area (TPSA) is 94.7 Å². The smallest absolute Gasteiger partial charge is 0.223 e. The average Bonchev–Trinajstić information content (AvgIpc) is 3.38. The van der Waals surface area contributed by atoms with Crippen molar-refractivity contribution in [3.63, 3.8) is 0 Å². The van der Waals surface area contributed by atoms with Crippen LogP contribution in [0.2, 0.25) is 0 Å². The van der Waals surface area contributed by atoms with Gasteiger partial charge in [0.15, 0.2) is 0 Å². The summed E-state index contributed by atoms with van der Waals surface area (Å²) in [4.78, 5) is 15.1. The van der Waals surface area contributed by atoms with E-state index in [1.54, 1.807) is 18.7 Å². The van der Waals surface area contributed by atoms with Crippen LogP contribution in [0.15, 0.2) is 55.0 Å². The molecule has 29 heavy (non-hydrogen) atoms. The molecule has 8 heteroatoms. The molecular weight excluding hydrogens is 364 g/mol. The minimum absolute atomic E-state index is 0.498. The number of aryl methyl sites for hydroxylation is 1. The van der Waals surface area contributed by atoms with E-state index in [0.29, 0.717) is 23.8 Å². The standard InChI is InChI=1S/C21H22N8/c1-3-29-18-7-5-4-6-17(18)26-20(29)16(12-22)19-15(2)13-25-21(27-19)24-9-11-28-10-8-23-14-28/h4-8,10,13-14,26H,3,9,11H2,1-2H3,(H,24,25,27). The van der Waals surface area contributed by atoms with E-state index in [-0.39, 0.29) is 0 Å². The second kappa shape index (κ2) is 8.02. The van der Waals surface area contributed by atoms with Gasteiger partial charge in [-0.2, -0.15) is 5.26 Å². The van der Waals surface area contributed by atoms with Crippen molar-refractivity contribution in [2.24, 2.45) is 0 Å². The Balaban J connectivity index is 1.64. The second-order valence-corrected chi connectivity index (χ2v) is 6.67. The van der Waals surface area contributed by atoms with Crippen LogP contribution in [-0.2, 0) is 6.54 Å². The van der Waals surface area contributed by atoms with Gasteiger partial charge in [0.1, 0.15) is 17.5 Å². The van der Waals surface area contributed by atoms with Crippen LogP contribution >= 0.6 is 0 Å². The molecule has 4 rings (SSSR count). The lowest BCUT2D eigenvalue weighted by atomic mass is 10.1. The van der Waals surface area contributed by atoms with Crippen LogP contribution in [0.4, 0.5) is 17.3 Å². The number of imidazole rings is 1. The van der Waals surface area contributed by atoms with Crippen LogP contribution in [0, 0.1) is 18.3 Å². The molecule has 0 unspecified atom stereocenters. The molecule has 0 amide bonds. The third-order valence-electron chi connectivity index (χ3n) is 4.80. The lowest BCUT2D eigenvalue weighted by Gasteiger charge is -2.19. The number of nitrogens with zero attached hydrogens (tertiary/aromatic N) is 6. The maximum absolute atomic E-state index is 9.98. The summed E-state index contributed by atoms with van der Waals surface area (Å²) in [5.74, 6) is 1.25. The summed E-state index contributed by atoms with van der Waals surface area (Å²) in [5.41, 5.74) is 4.02. The summed E-state index contributed by atoms with van der Waals surface area (Å²) in [7, 11) is 0. The van der Waals surface area contributed by atoms with Gasteiger partial charge in [-0.15, -0.1) is 0 Å². The highest BCUT2D eigenvalue weighted by Gasteiger charge is 2.27. The Morgan fingerprint density at radius 3 is 2.93 bits per heavy atom. The minimum Gasteiger partial charge on any atom is -0.352 e. The van der Waals surface area contributed by atoms with Gasteiger partial charge in [0, 0.05) is 38.2 Å². The monoisotopic (exact) mass is 386 g/mol. The first kappa shape index (κ1) is 18.5. The van der Waals surface area contributed by atoms with Crippen LogP contribution in [0.3, 0.4) is 0 Å². The predicted molar refractivity (Wildman–Crippen MR) is 113 cm³/mol. The third kappa shape index (κ3) is 3.62. The van der Waals surface area contributed by atoms with Crippen LogP contribution in [-0.4, -0.2) is 32.6 Å². The van der Waals surface area contributed by atoms with Crippen molar-refractivity contribution in [3.05, 3.63) is 66.3 Å². The Hall–Kier alpha value is -3.86. The fourth-order valence-corrected chi connectivity index (χ4v) is 3.37. The first-order valence-electron chi connectivity index (χ1n) is 9.53. The number of anilines is 3. The first-order valence-corrected chi connectivity index (χ1v) is 9.53. The van der Waals surface area contributed by atoms with E-state index in [1.165, 1.54) is 0 Å². The van der Waals surface area contributed by atoms with Gasteiger partial charge in [-0.1, -0.05) is 12.1 Å². The summed E-state index contributed by atoms with van der Waals surface area (Å²) in [5, 5.41) is 16.6. The molecule has 0 radical (unpaired) electrons. The summed E-state index contributed by atoms with van der Waals surface area (Å²) >= 11 is 0. The molecule has 8 nitrogen and oxygen atoms in total. The lowest BCUT2D eigenvalue weighted by Crippen LogP contribution is -2.22. The number of hydrogen-bond donors (Lipinski definition) is 2. The van der Waals surface area contributed by atoms with Crippen molar-refractivity contribution in [2.75, 3.05) is 28.6 Å². The van der Waals surface area contributed by atoms with E-state index in [2.05, 4.69) is 43.5 Å². The lowest BCUT2D eigenvalue weighted by molar-refractivity contribution is 0.723. The minimum atomic E-state index is 0.498. The van der Waals surface area contributed by atoms with Gasteiger partial charge in [-0.25, -0.2) is 15.0 Å². The van der Waals surface area contributed by atoms with E-state index >= 15 is 0 Å². The number of nitriles is 1. The number of aromatic nitrogens is 4. The highest BCUT2D eigenvalue weighted by atomic mass is 15.3. The van der Waals surface area contributed by atoms with Gasteiger partial charge in [-0.3, -0.25) is 0 Å². The molecule has 0 saturated heterocycles. The quantitative estimate of drug-likeness (QED) is 0.628. The van der Waals surface area contributed by atoms with E-state index in [9.17, 15) is 5.26 Å². The molecule has 0 bridgehead atoms.